The minimum Gasteiger partial charge on any atom is -0.352 e. The third-order valence-electron chi connectivity index (χ3n) is 5.46. The normalized spacial score (nSPS) is 15.9. The lowest BCUT2D eigenvalue weighted by Gasteiger charge is -2.24. The number of rotatable bonds is 5. The van der Waals surface area contributed by atoms with Gasteiger partial charge in [0.2, 0.25) is 5.91 Å². The summed E-state index contributed by atoms with van der Waals surface area (Å²) in [4.78, 5) is 22.4. The molecule has 4 rings (SSSR count). The topological polar surface area (TPSA) is 54.9 Å². The maximum Gasteiger partial charge on any atom is 0.233 e. The fraction of sp³-hybridized carbons (Fsp3) is 0.375. The molecule has 150 valence electrons. The van der Waals surface area contributed by atoms with Crippen molar-refractivity contribution >= 4 is 28.6 Å². The van der Waals surface area contributed by atoms with Crippen molar-refractivity contribution in [1.82, 2.24) is 15.3 Å². The van der Waals surface area contributed by atoms with Crippen LogP contribution in [0, 0.1) is 6.92 Å². The summed E-state index contributed by atoms with van der Waals surface area (Å²) in [6, 6.07) is 16.5. The van der Waals surface area contributed by atoms with Crippen molar-refractivity contribution in [3.05, 3.63) is 54.1 Å². The first-order valence-electron chi connectivity index (χ1n) is 10.4. The molecule has 1 heterocycles. The number of thioether (sulfide) groups is 1. The zero-order valence-electron chi connectivity index (χ0n) is 17.0. The lowest BCUT2D eigenvalue weighted by Crippen LogP contribution is -2.40. The Morgan fingerprint density at radius 2 is 1.83 bits per heavy atom. The lowest BCUT2D eigenvalue weighted by atomic mass is 9.95. The van der Waals surface area contributed by atoms with Crippen LogP contribution in [0.2, 0.25) is 0 Å². The van der Waals surface area contributed by atoms with Crippen LogP contribution in [0.1, 0.15) is 44.6 Å². The number of carbonyl (C=O) groups is 1. The molecular weight excluding hydrogens is 378 g/mol. The summed E-state index contributed by atoms with van der Waals surface area (Å²) < 4.78 is 0. The minimum atomic E-state index is -0.209. The van der Waals surface area contributed by atoms with Gasteiger partial charge in [0.1, 0.15) is 5.03 Å². The Kier molecular flexibility index (Phi) is 6.14. The first-order valence-corrected chi connectivity index (χ1v) is 11.3. The minimum absolute atomic E-state index is 0.0996. The quantitative estimate of drug-likeness (QED) is 0.448. The molecule has 1 aromatic heterocycles. The van der Waals surface area contributed by atoms with Crippen molar-refractivity contribution in [3.8, 4) is 11.4 Å². The molecule has 0 saturated heterocycles. The molecule has 1 aliphatic rings. The van der Waals surface area contributed by atoms with Gasteiger partial charge in [0.05, 0.1) is 10.8 Å². The summed E-state index contributed by atoms with van der Waals surface area (Å²) in [5.74, 6) is 0.798. The van der Waals surface area contributed by atoms with Gasteiger partial charge in [-0.3, -0.25) is 4.79 Å². The second-order valence-corrected chi connectivity index (χ2v) is 9.17. The van der Waals surface area contributed by atoms with Crippen LogP contribution < -0.4 is 5.32 Å². The molecule has 1 saturated carbocycles. The highest BCUT2D eigenvalue weighted by Crippen LogP contribution is 2.32. The number of carbonyl (C=O) groups excluding carboxylic acids is 1. The predicted octanol–water partition coefficient (Wildman–Crippen LogP) is 5.53. The van der Waals surface area contributed by atoms with Crippen molar-refractivity contribution < 1.29 is 4.79 Å². The number of benzene rings is 2. The van der Waals surface area contributed by atoms with Crippen molar-refractivity contribution in [1.29, 1.82) is 0 Å². The van der Waals surface area contributed by atoms with Crippen LogP contribution in [0.4, 0.5) is 0 Å². The van der Waals surface area contributed by atoms with Gasteiger partial charge in [0.15, 0.2) is 5.82 Å². The maximum atomic E-state index is 12.8. The van der Waals surface area contributed by atoms with Crippen LogP contribution in [-0.4, -0.2) is 27.2 Å². The van der Waals surface area contributed by atoms with E-state index in [-0.39, 0.29) is 11.2 Å². The Labute approximate surface area is 176 Å². The van der Waals surface area contributed by atoms with E-state index in [4.69, 9.17) is 9.97 Å². The van der Waals surface area contributed by atoms with E-state index in [0.717, 1.165) is 39.9 Å². The van der Waals surface area contributed by atoms with Gasteiger partial charge in [0, 0.05) is 17.0 Å². The molecule has 0 unspecified atom stereocenters. The Bertz CT molecular complexity index is 1000. The highest BCUT2D eigenvalue weighted by atomic mass is 32.2. The predicted molar refractivity (Wildman–Crippen MR) is 120 cm³/mol. The second kappa shape index (κ2) is 8.95. The molecule has 0 radical (unpaired) electrons. The summed E-state index contributed by atoms with van der Waals surface area (Å²) in [6.07, 6.45) is 5.89. The SMILES string of the molecule is Cc1ccc2nc(-c3ccccc3)nc(S[C@H](C)C(=O)NC3CCCCC3)c2c1. The first kappa shape index (κ1) is 19.9. The summed E-state index contributed by atoms with van der Waals surface area (Å²) in [5.41, 5.74) is 3.05. The van der Waals surface area contributed by atoms with Gasteiger partial charge in [0.25, 0.3) is 0 Å². The molecule has 1 fully saturated rings. The van der Waals surface area contributed by atoms with Gasteiger partial charge >= 0.3 is 0 Å². The van der Waals surface area contributed by atoms with Crippen LogP contribution in [0.15, 0.2) is 53.6 Å². The molecule has 2 aromatic carbocycles. The highest BCUT2D eigenvalue weighted by molar-refractivity contribution is 8.00. The summed E-state index contributed by atoms with van der Waals surface area (Å²) in [7, 11) is 0. The van der Waals surface area contributed by atoms with Gasteiger partial charge in [-0.15, -0.1) is 0 Å². The molecule has 1 aliphatic carbocycles. The van der Waals surface area contributed by atoms with Crippen molar-refractivity contribution in [2.45, 2.75) is 62.3 Å². The molecule has 1 N–H and O–H groups in total. The molecule has 5 heteroatoms. The summed E-state index contributed by atoms with van der Waals surface area (Å²) in [5, 5.41) is 4.90. The fourth-order valence-corrected chi connectivity index (χ4v) is 4.75. The van der Waals surface area contributed by atoms with Gasteiger partial charge in [-0.1, -0.05) is 73.0 Å². The van der Waals surface area contributed by atoms with Gasteiger partial charge in [-0.2, -0.15) is 0 Å². The average Bonchev–Trinajstić information content (AvgIpc) is 2.75. The fourth-order valence-electron chi connectivity index (χ4n) is 3.81. The number of nitrogens with one attached hydrogen (secondary N) is 1. The zero-order chi connectivity index (χ0) is 20.2. The zero-order valence-corrected chi connectivity index (χ0v) is 17.8. The molecule has 0 spiro atoms. The average molecular weight is 406 g/mol. The van der Waals surface area contributed by atoms with E-state index in [1.54, 1.807) is 0 Å². The molecule has 29 heavy (non-hydrogen) atoms. The summed E-state index contributed by atoms with van der Waals surface area (Å²) in [6.45, 7) is 4.03. The van der Waals surface area contributed by atoms with Crippen LogP contribution in [0.3, 0.4) is 0 Å². The third-order valence-corrected chi connectivity index (χ3v) is 6.56. The van der Waals surface area contributed by atoms with E-state index in [0.29, 0.717) is 11.9 Å². The van der Waals surface area contributed by atoms with E-state index in [1.165, 1.54) is 31.0 Å². The van der Waals surface area contributed by atoms with Crippen molar-refractivity contribution in [2.75, 3.05) is 0 Å². The van der Waals surface area contributed by atoms with Crippen LogP contribution in [0.25, 0.3) is 22.3 Å². The monoisotopic (exact) mass is 405 g/mol. The van der Waals surface area contributed by atoms with Crippen LogP contribution in [0.5, 0.6) is 0 Å². The number of fused-ring (bicyclic) bond motifs is 1. The largest absolute Gasteiger partial charge is 0.352 e. The van der Waals surface area contributed by atoms with E-state index < -0.39 is 0 Å². The highest BCUT2D eigenvalue weighted by Gasteiger charge is 2.22. The standard InChI is InChI=1S/C24H27N3OS/c1-16-13-14-21-20(15-16)24(27-22(26-21)18-9-5-3-6-10-18)29-17(2)23(28)25-19-11-7-4-8-12-19/h3,5-6,9-10,13-15,17,19H,4,7-8,11-12H2,1-2H3,(H,25,28)/t17-/m1/s1. The Morgan fingerprint density at radius 3 is 2.59 bits per heavy atom. The number of hydrogen-bond donors (Lipinski definition) is 1. The van der Waals surface area contributed by atoms with Gasteiger partial charge in [-0.25, -0.2) is 9.97 Å². The Hall–Kier alpha value is -2.40. The third kappa shape index (κ3) is 4.78. The smallest absolute Gasteiger partial charge is 0.233 e. The second-order valence-electron chi connectivity index (χ2n) is 7.84. The van der Waals surface area contributed by atoms with Gasteiger partial charge < -0.3 is 5.32 Å². The Balaban J connectivity index is 1.62. The lowest BCUT2D eigenvalue weighted by molar-refractivity contribution is -0.121. The van der Waals surface area contributed by atoms with Crippen LogP contribution in [-0.2, 0) is 4.79 Å². The molecule has 3 aromatic rings. The number of hydrogen-bond acceptors (Lipinski definition) is 4. The van der Waals surface area contributed by atoms with E-state index in [1.807, 2.05) is 43.3 Å². The molecule has 0 bridgehead atoms. The van der Waals surface area contributed by atoms with Crippen molar-refractivity contribution in [2.24, 2.45) is 0 Å². The van der Waals surface area contributed by atoms with E-state index in [2.05, 4.69) is 24.4 Å². The van der Waals surface area contributed by atoms with E-state index in [9.17, 15) is 4.79 Å². The van der Waals surface area contributed by atoms with Crippen LogP contribution >= 0.6 is 11.8 Å². The first-order chi connectivity index (χ1) is 14.1. The van der Waals surface area contributed by atoms with Crippen molar-refractivity contribution in [3.63, 3.8) is 0 Å². The molecule has 1 atom stereocenters. The number of nitrogens with zero attached hydrogens (tertiary/aromatic N) is 2. The molecular formula is C24H27N3OS. The number of aromatic nitrogens is 2. The number of amides is 1. The molecule has 4 nitrogen and oxygen atoms in total. The maximum absolute atomic E-state index is 12.8. The van der Waals surface area contributed by atoms with E-state index >= 15 is 0 Å². The molecule has 1 amide bonds. The molecule has 0 aliphatic heterocycles. The number of aryl methyl sites for hydroxylation is 1. The Morgan fingerprint density at radius 1 is 1.07 bits per heavy atom. The van der Waals surface area contributed by atoms with Gasteiger partial charge in [-0.05, 0) is 38.8 Å². The summed E-state index contributed by atoms with van der Waals surface area (Å²) >= 11 is 1.52.